The molecule has 0 aliphatic carbocycles. The smallest absolute Gasteiger partial charge is 0.275 e. The van der Waals surface area contributed by atoms with Crippen molar-refractivity contribution in [3.8, 4) is 0 Å². The highest BCUT2D eigenvalue weighted by Gasteiger charge is 2.04. The van der Waals surface area contributed by atoms with Gasteiger partial charge in [-0.25, -0.2) is 4.98 Å². The number of pyridine rings is 1. The first-order valence-electron chi connectivity index (χ1n) is 7.68. The highest BCUT2D eigenvalue weighted by Crippen LogP contribution is 2.15. The molecule has 5 heteroatoms. The molecule has 4 aromatic rings. The number of hydrogen-bond acceptors (Lipinski definition) is 2. The Morgan fingerprint density at radius 2 is 1.92 bits per heavy atom. The van der Waals surface area contributed by atoms with Crippen molar-refractivity contribution in [1.29, 1.82) is 0 Å². The molecule has 1 aromatic carbocycles. The highest BCUT2D eigenvalue weighted by atomic mass is 16.1. The monoisotopic (exact) mass is 316 g/mol. The maximum absolute atomic E-state index is 12.5. The topological polar surface area (TPSA) is 66.5 Å². The molecule has 0 spiro atoms. The number of fused-ring (bicyclic) bond motifs is 1. The number of hydrogen-bond donors (Lipinski definition) is 2. The number of imidazole rings is 1. The predicted octanol–water partition coefficient (Wildman–Crippen LogP) is 1.25. The third kappa shape index (κ3) is 2.46. The third-order valence-corrected chi connectivity index (χ3v) is 4.05. The molecule has 0 unspecified atom stereocenters. The summed E-state index contributed by atoms with van der Waals surface area (Å²) >= 11 is 0. The second kappa shape index (κ2) is 5.70. The Balaban J connectivity index is 1.90. The fourth-order valence-electron chi connectivity index (χ4n) is 2.76. The zero-order valence-electron chi connectivity index (χ0n) is 13.2. The molecule has 0 bridgehead atoms. The van der Waals surface area contributed by atoms with Crippen molar-refractivity contribution in [2.75, 3.05) is 0 Å². The third-order valence-electron chi connectivity index (χ3n) is 4.05. The van der Waals surface area contributed by atoms with Gasteiger partial charge in [0.2, 0.25) is 0 Å². The van der Waals surface area contributed by atoms with E-state index in [1.807, 2.05) is 60.8 Å². The first kappa shape index (κ1) is 14.3. The minimum absolute atomic E-state index is 0.0598. The molecule has 0 aliphatic rings. The molecule has 0 saturated carbocycles. The summed E-state index contributed by atoms with van der Waals surface area (Å²) in [4.78, 5) is 23.1. The van der Waals surface area contributed by atoms with Gasteiger partial charge in [0, 0.05) is 30.4 Å². The van der Waals surface area contributed by atoms with Gasteiger partial charge in [-0.3, -0.25) is 9.36 Å². The highest BCUT2D eigenvalue weighted by molar-refractivity contribution is 5.85. The number of aromatic nitrogens is 4. The molecule has 0 saturated heterocycles. The van der Waals surface area contributed by atoms with E-state index in [0.717, 1.165) is 27.6 Å². The van der Waals surface area contributed by atoms with Crippen LogP contribution in [0.1, 0.15) is 11.1 Å². The molecule has 24 heavy (non-hydrogen) atoms. The molecular formula is C19H16N4O. The summed E-state index contributed by atoms with van der Waals surface area (Å²) < 4.78 is 1.62. The van der Waals surface area contributed by atoms with Crippen molar-refractivity contribution in [1.82, 2.24) is 19.5 Å². The Hall–Kier alpha value is -3.34. The zero-order chi connectivity index (χ0) is 16.5. The fraction of sp³-hybridized carbons (Fsp3) is 0.0526. The minimum atomic E-state index is -0.0598. The van der Waals surface area contributed by atoms with Crippen LogP contribution in [0.4, 0.5) is 0 Å². The molecule has 0 amide bonds. The van der Waals surface area contributed by atoms with Crippen LogP contribution in [0.15, 0.2) is 59.7 Å². The Morgan fingerprint density at radius 3 is 2.75 bits per heavy atom. The van der Waals surface area contributed by atoms with Gasteiger partial charge >= 0.3 is 0 Å². The van der Waals surface area contributed by atoms with Gasteiger partial charge in [0.25, 0.3) is 5.56 Å². The zero-order valence-corrected chi connectivity index (χ0v) is 13.2. The van der Waals surface area contributed by atoms with Crippen molar-refractivity contribution >= 4 is 23.2 Å². The van der Waals surface area contributed by atoms with Crippen molar-refractivity contribution < 1.29 is 0 Å². The van der Waals surface area contributed by atoms with Gasteiger partial charge in [0.05, 0.1) is 0 Å². The van der Waals surface area contributed by atoms with Gasteiger partial charge in [-0.2, -0.15) is 0 Å². The summed E-state index contributed by atoms with van der Waals surface area (Å²) in [6, 6.07) is 13.8. The van der Waals surface area contributed by atoms with Crippen LogP contribution in [0.25, 0.3) is 23.2 Å². The molecule has 0 aliphatic heterocycles. The van der Waals surface area contributed by atoms with Gasteiger partial charge in [0.15, 0.2) is 0 Å². The summed E-state index contributed by atoms with van der Waals surface area (Å²) in [5.74, 6) is 0. The summed E-state index contributed by atoms with van der Waals surface area (Å²) in [5, 5.41) is 1.53. The van der Waals surface area contributed by atoms with Crippen LogP contribution in [-0.4, -0.2) is 19.5 Å². The van der Waals surface area contributed by atoms with E-state index in [0.29, 0.717) is 5.35 Å². The average Bonchev–Trinajstić information content (AvgIpc) is 3.13. The lowest BCUT2D eigenvalue weighted by Gasteiger charge is -1.91. The Kier molecular flexibility index (Phi) is 3.39. The minimum Gasteiger partial charge on any atom is -0.346 e. The van der Waals surface area contributed by atoms with E-state index in [9.17, 15) is 4.79 Å². The summed E-state index contributed by atoms with van der Waals surface area (Å²) in [7, 11) is 1.77. The molecule has 5 nitrogen and oxygen atoms in total. The average molecular weight is 316 g/mol. The number of H-pyrrole nitrogens is 2. The Morgan fingerprint density at radius 1 is 1.08 bits per heavy atom. The normalized spacial score (nSPS) is 13.0. The fourth-order valence-corrected chi connectivity index (χ4v) is 2.76. The molecule has 3 heterocycles. The molecule has 0 radical (unpaired) electrons. The molecule has 118 valence electrons. The van der Waals surface area contributed by atoms with Crippen molar-refractivity contribution in [3.05, 3.63) is 87.2 Å². The van der Waals surface area contributed by atoms with Crippen LogP contribution in [0.3, 0.4) is 0 Å². The van der Waals surface area contributed by atoms with Crippen molar-refractivity contribution in [3.63, 3.8) is 0 Å². The summed E-state index contributed by atoms with van der Waals surface area (Å²) in [6.45, 7) is 0. The first-order valence-corrected chi connectivity index (χ1v) is 7.68. The van der Waals surface area contributed by atoms with Crippen molar-refractivity contribution in [2.24, 2.45) is 7.05 Å². The predicted molar refractivity (Wildman–Crippen MR) is 95.0 cm³/mol. The maximum Gasteiger partial charge on any atom is 0.275 e. The van der Waals surface area contributed by atoms with Gasteiger partial charge in [0.1, 0.15) is 16.5 Å². The summed E-state index contributed by atoms with van der Waals surface area (Å²) in [5.41, 5.74) is 3.48. The number of benzene rings is 1. The lowest BCUT2D eigenvalue weighted by atomic mass is 10.2. The van der Waals surface area contributed by atoms with E-state index in [1.165, 1.54) is 0 Å². The van der Waals surface area contributed by atoms with Crippen LogP contribution in [-0.2, 0) is 7.05 Å². The lowest BCUT2D eigenvalue weighted by Crippen LogP contribution is -2.28. The van der Waals surface area contributed by atoms with Crippen LogP contribution in [0, 0.1) is 0 Å². The van der Waals surface area contributed by atoms with Gasteiger partial charge < -0.3 is 9.97 Å². The first-order chi connectivity index (χ1) is 11.7. The van der Waals surface area contributed by atoms with Gasteiger partial charge in [-0.15, -0.1) is 0 Å². The quantitative estimate of drug-likeness (QED) is 0.584. The van der Waals surface area contributed by atoms with Gasteiger partial charge in [-0.05, 0) is 29.8 Å². The van der Waals surface area contributed by atoms with E-state index < -0.39 is 0 Å². The molecule has 2 N–H and O–H groups in total. The van der Waals surface area contributed by atoms with E-state index in [-0.39, 0.29) is 5.56 Å². The van der Waals surface area contributed by atoms with E-state index in [4.69, 9.17) is 0 Å². The van der Waals surface area contributed by atoms with Crippen LogP contribution in [0.2, 0.25) is 0 Å². The van der Waals surface area contributed by atoms with E-state index >= 15 is 0 Å². The largest absolute Gasteiger partial charge is 0.346 e. The van der Waals surface area contributed by atoms with Crippen LogP contribution >= 0.6 is 0 Å². The Labute approximate surface area is 137 Å². The Bertz CT molecular complexity index is 1180. The molecule has 0 fully saturated rings. The molecule has 3 aromatic heterocycles. The summed E-state index contributed by atoms with van der Waals surface area (Å²) in [6.07, 6.45) is 7.41. The van der Waals surface area contributed by atoms with Crippen LogP contribution in [0.5, 0.6) is 0 Å². The standard InChI is InChI=1S/C19H16N4O/c1-23-17(10-13-6-3-2-4-7-13)22-16(19(23)24)11-14-12-21-18-15(14)8-5-9-20-18/h2-12,22H,1H3,(H,20,21)/b16-11-,17-10+. The van der Waals surface area contributed by atoms with Crippen molar-refractivity contribution in [2.45, 2.75) is 0 Å². The molecule has 0 atom stereocenters. The lowest BCUT2D eigenvalue weighted by molar-refractivity contribution is 0.837. The maximum atomic E-state index is 12.5. The second-order valence-corrected chi connectivity index (χ2v) is 5.63. The number of nitrogens with one attached hydrogen (secondary N) is 2. The van der Waals surface area contributed by atoms with E-state index in [2.05, 4.69) is 15.0 Å². The van der Waals surface area contributed by atoms with E-state index in [1.54, 1.807) is 17.8 Å². The SMILES string of the molecule is Cn1c(=O)/c(=C/c2c[nH]c3ncccc23)[nH]/c1=C\c1ccccc1. The number of rotatable bonds is 2. The second-order valence-electron chi connectivity index (χ2n) is 5.63. The number of nitrogens with zero attached hydrogens (tertiary/aromatic N) is 2. The molecule has 4 rings (SSSR count). The van der Waals surface area contributed by atoms with Crippen LogP contribution < -0.4 is 16.4 Å². The number of aromatic amines is 2. The molecular weight excluding hydrogens is 300 g/mol. The van der Waals surface area contributed by atoms with Gasteiger partial charge in [-0.1, -0.05) is 30.3 Å².